The molecule has 1 aliphatic rings. The second-order valence-electron chi connectivity index (χ2n) is 5.25. The lowest BCUT2D eigenvalue weighted by Gasteiger charge is -2.27. The summed E-state index contributed by atoms with van der Waals surface area (Å²) in [4.78, 5) is 0.574. The van der Waals surface area contributed by atoms with Gasteiger partial charge < -0.3 is 4.18 Å². The van der Waals surface area contributed by atoms with Crippen LogP contribution in [0.5, 0.6) is 0 Å². The first-order valence-corrected chi connectivity index (χ1v) is 9.69. The fourth-order valence-corrected chi connectivity index (χ4v) is 3.95. The third-order valence-electron chi connectivity index (χ3n) is 3.66. The highest BCUT2D eigenvalue weighted by Gasteiger charge is 2.49. The van der Waals surface area contributed by atoms with Gasteiger partial charge >= 0.3 is 15.6 Å². The van der Waals surface area contributed by atoms with Crippen molar-refractivity contribution in [1.29, 1.82) is 0 Å². The average Bonchev–Trinajstić information content (AvgIpc) is 2.48. The van der Waals surface area contributed by atoms with Gasteiger partial charge in [-0.15, -0.1) is 11.8 Å². The first-order valence-electron chi connectivity index (χ1n) is 7.06. The van der Waals surface area contributed by atoms with Crippen LogP contribution in [0.15, 0.2) is 41.0 Å². The molecule has 0 spiro atoms. The van der Waals surface area contributed by atoms with Crippen LogP contribution in [0.3, 0.4) is 0 Å². The summed E-state index contributed by atoms with van der Waals surface area (Å²) < 4.78 is 65.2. The monoisotopic (exact) mass is 366 g/mol. The lowest BCUT2D eigenvalue weighted by atomic mass is 9.88. The van der Waals surface area contributed by atoms with Gasteiger partial charge in [-0.3, -0.25) is 0 Å². The van der Waals surface area contributed by atoms with Gasteiger partial charge in [0.2, 0.25) is 0 Å². The Morgan fingerprint density at radius 1 is 1.26 bits per heavy atom. The maximum absolute atomic E-state index is 12.6. The van der Waals surface area contributed by atoms with Crippen molar-refractivity contribution in [2.75, 3.05) is 6.26 Å². The van der Waals surface area contributed by atoms with Gasteiger partial charge in [0.1, 0.15) is 5.76 Å². The number of thioether (sulfide) groups is 1. The van der Waals surface area contributed by atoms with Crippen molar-refractivity contribution in [2.45, 2.75) is 31.2 Å². The Balaban J connectivity index is 2.31. The molecule has 0 fully saturated rings. The number of alkyl halides is 3. The minimum Gasteiger partial charge on any atom is -0.379 e. The molecule has 1 atom stereocenters. The van der Waals surface area contributed by atoms with E-state index < -0.39 is 15.6 Å². The SMILES string of the molecule is CSC1=C(OS(=O)(=O)C(F)(F)F)C(Cc2ccccc2)CCC1. The van der Waals surface area contributed by atoms with E-state index in [0.717, 1.165) is 12.0 Å². The minimum absolute atomic E-state index is 0.0510. The zero-order valence-corrected chi connectivity index (χ0v) is 14.1. The summed E-state index contributed by atoms with van der Waals surface area (Å²) in [5, 5.41) is 0. The molecular weight excluding hydrogens is 349 g/mol. The molecule has 2 rings (SSSR count). The molecule has 0 saturated carbocycles. The molecule has 1 aliphatic carbocycles. The molecule has 0 saturated heterocycles. The predicted octanol–water partition coefficient (Wildman–Crippen LogP) is 4.47. The summed E-state index contributed by atoms with van der Waals surface area (Å²) >= 11 is 1.24. The molecule has 3 nitrogen and oxygen atoms in total. The standard InChI is InChI=1S/C15H17F3O3S2/c1-22-13-9-5-8-12(10-11-6-3-2-4-7-11)14(13)21-23(19,20)15(16,17)18/h2-4,6-7,12H,5,8-10H2,1H3. The van der Waals surface area contributed by atoms with E-state index in [-0.39, 0.29) is 11.7 Å². The van der Waals surface area contributed by atoms with E-state index in [0.29, 0.717) is 24.2 Å². The van der Waals surface area contributed by atoms with Crippen LogP contribution in [0.1, 0.15) is 24.8 Å². The summed E-state index contributed by atoms with van der Waals surface area (Å²) in [5.74, 6) is -0.421. The molecular formula is C15H17F3O3S2. The van der Waals surface area contributed by atoms with Crippen LogP contribution in [0.2, 0.25) is 0 Å². The van der Waals surface area contributed by atoms with Crippen LogP contribution in [0, 0.1) is 5.92 Å². The van der Waals surface area contributed by atoms with Crippen LogP contribution < -0.4 is 0 Å². The quantitative estimate of drug-likeness (QED) is 0.570. The molecule has 0 amide bonds. The summed E-state index contributed by atoms with van der Waals surface area (Å²) in [6.45, 7) is 0. The van der Waals surface area contributed by atoms with E-state index in [1.54, 1.807) is 6.26 Å². The molecule has 0 N–H and O–H groups in total. The highest BCUT2D eigenvalue weighted by atomic mass is 32.2. The predicted molar refractivity (Wildman–Crippen MR) is 84.1 cm³/mol. The van der Waals surface area contributed by atoms with Gasteiger partial charge in [0.05, 0.1) is 0 Å². The maximum atomic E-state index is 12.6. The largest absolute Gasteiger partial charge is 0.534 e. The number of hydrogen-bond acceptors (Lipinski definition) is 4. The summed E-state index contributed by atoms with van der Waals surface area (Å²) in [6.07, 6.45) is 4.10. The van der Waals surface area contributed by atoms with Gasteiger partial charge in [-0.1, -0.05) is 30.3 Å². The Morgan fingerprint density at radius 2 is 1.91 bits per heavy atom. The third-order valence-corrected chi connectivity index (χ3v) is 5.52. The van der Waals surface area contributed by atoms with E-state index in [4.69, 9.17) is 0 Å². The lowest BCUT2D eigenvalue weighted by Crippen LogP contribution is -2.28. The average molecular weight is 366 g/mol. The maximum Gasteiger partial charge on any atom is 0.534 e. The molecule has 1 aromatic rings. The van der Waals surface area contributed by atoms with Crippen molar-refractivity contribution in [3.63, 3.8) is 0 Å². The van der Waals surface area contributed by atoms with E-state index in [1.165, 1.54) is 11.8 Å². The molecule has 0 bridgehead atoms. The van der Waals surface area contributed by atoms with Crippen molar-refractivity contribution < 1.29 is 25.8 Å². The number of rotatable bonds is 5. The number of benzene rings is 1. The number of halogens is 3. The van der Waals surface area contributed by atoms with Gasteiger partial charge in [-0.2, -0.15) is 21.6 Å². The van der Waals surface area contributed by atoms with Crippen molar-refractivity contribution in [3.05, 3.63) is 46.6 Å². The second kappa shape index (κ2) is 7.17. The Bertz CT molecular complexity index is 667. The van der Waals surface area contributed by atoms with Crippen molar-refractivity contribution in [1.82, 2.24) is 0 Å². The Labute approximate surface area is 138 Å². The summed E-state index contributed by atoms with van der Waals surface area (Å²) in [6, 6.07) is 9.25. The summed E-state index contributed by atoms with van der Waals surface area (Å²) in [7, 11) is -5.64. The molecule has 0 aromatic heterocycles. The van der Waals surface area contributed by atoms with E-state index in [2.05, 4.69) is 4.18 Å². The van der Waals surface area contributed by atoms with Gasteiger partial charge in [-0.25, -0.2) is 0 Å². The van der Waals surface area contributed by atoms with E-state index >= 15 is 0 Å². The van der Waals surface area contributed by atoms with Gasteiger partial charge in [-0.05, 0) is 37.5 Å². The summed E-state index contributed by atoms with van der Waals surface area (Å²) in [5.41, 5.74) is -4.48. The highest BCUT2D eigenvalue weighted by Crippen LogP contribution is 2.40. The van der Waals surface area contributed by atoms with Crippen LogP contribution in [-0.2, 0) is 20.7 Å². The highest BCUT2D eigenvalue weighted by molar-refractivity contribution is 8.02. The fourth-order valence-electron chi connectivity index (χ4n) is 2.57. The van der Waals surface area contributed by atoms with Gasteiger partial charge in [0.15, 0.2) is 0 Å². The van der Waals surface area contributed by atoms with Crippen LogP contribution in [0.4, 0.5) is 13.2 Å². The molecule has 0 aliphatic heterocycles. The zero-order chi connectivity index (χ0) is 17.1. The van der Waals surface area contributed by atoms with Gasteiger partial charge in [0.25, 0.3) is 0 Å². The molecule has 23 heavy (non-hydrogen) atoms. The van der Waals surface area contributed by atoms with E-state index in [9.17, 15) is 21.6 Å². The van der Waals surface area contributed by atoms with Crippen molar-refractivity contribution in [3.8, 4) is 0 Å². The van der Waals surface area contributed by atoms with Crippen molar-refractivity contribution in [2.24, 2.45) is 5.92 Å². The first kappa shape index (κ1) is 18.2. The molecule has 128 valence electrons. The molecule has 8 heteroatoms. The van der Waals surface area contributed by atoms with Crippen molar-refractivity contribution >= 4 is 21.9 Å². The van der Waals surface area contributed by atoms with Gasteiger partial charge in [0, 0.05) is 10.8 Å². The number of hydrogen-bond donors (Lipinski definition) is 0. The molecule has 1 unspecified atom stereocenters. The Hall–Kier alpha value is -1.15. The molecule has 1 aromatic carbocycles. The Kier molecular flexibility index (Phi) is 5.67. The van der Waals surface area contributed by atoms with E-state index in [1.807, 2.05) is 30.3 Å². The lowest BCUT2D eigenvalue weighted by molar-refractivity contribution is -0.0528. The second-order valence-corrected chi connectivity index (χ2v) is 7.69. The van der Waals surface area contributed by atoms with Crippen LogP contribution >= 0.6 is 11.8 Å². The normalized spacial score (nSPS) is 19.7. The fraction of sp³-hybridized carbons (Fsp3) is 0.467. The number of allylic oxidation sites excluding steroid dienone is 2. The zero-order valence-electron chi connectivity index (χ0n) is 12.5. The smallest absolute Gasteiger partial charge is 0.379 e. The van der Waals surface area contributed by atoms with Crippen LogP contribution in [0.25, 0.3) is 0 Å². The van der Waals surface area contributed by atoms with Crippen LogP contribution in [-0.4, -0.2) is 20.2 Å². The topological polar surface area (TPSA) is 43.4 Å². The minimum atomic E-state index is -5.64. The molecule has 0 radical (unpaired) electrons. The third kappa shape index (κ3) is 4.44. The first-order chi connectivity index (χ1) is 10.7. The molecule has 0 heterocycles. The Morgan fingerprint density at radius 3 is 2.48 bits per heavy atom.